The first-order chi connectivity index (χ1) is 9.81. The standard InChI is InChI=1S/C10H5FN4O6/c11-6-4-13(10(17)12-9(6)16)7-2-1-5(14(18)19)3-8(7)15(20)21/h1-4H,(H,12,16,17). The second-order valence-electron chi connectivity index (χ2n) is 3.79. The highest BCUT2D eigenvalue weighted by molar-refractivity contribution is 5.57. The van der Waals surface area contributed by atoms with E-state index in [0.29, 0.717) is 16.8 Å². The van der Waals surface area contributed by atoms with Gasteiger partial charge in [0, 0.05) is 6.07 Å². The smallest absolute Gasteiger partial charge is 0.271 e. The van der Waals surface area contributed by atoms with Crippen LogP contribution in [0, 0.1) is 26.0 Å². The van der Waals surface area contributed by atoms with Crippen molar-refractivity contribution in [2.75, 3.05) is 0 Å². The Morgan fingerprint density at radius 3 is 2.38 bits per heavy atom. The molecule has 0 spiro atoms. The number of nitro groups is 2. The summed E-state index contributed by atoms with van der Waals surface area (Å²) in [6.07, 6.45) is 0.468. The van der Waals surface area contributed by atoms with E-state index in [9.17, 15) is 34.2 Å². The fourth-order valence-corrected chi connectivity index (χ4v) is 1.60. The molecule has 0 aliphatic carbocycles. The van der Waals surface area contributed by atoms with Crippen LogP contribution >= 0.6 is 0 Å². The third-order valence-electron chi connectivity index (χ3n) is 2.52. The minimum absolute atomic E-state index is 0.411. The number of nitrogens with one attached hydrogen (secondary N) is 1. The van der Waals surface area contributed by atoms with E-state index >= 15 is 0 Å². The van der Waals surface area contributed by atoms with Gasteiger partial charge in [0.05, 0.1) is 22.1 Å². The molecule has 2 aromatic rings. The number of non-ortho nitro benzene ring substituents is 1. The van der Waals surface area contributed by atoms with E-state index in [1.54, 1.807) is 4.98 Å². The first-order valence-electron chi connectivity index (χ1n) is 5.26. The molecule has 1 aromatic heterocycles. The summed E-state index contributed by atoms with van der Waals surface area (Å²) in [6.45, 7) is 0. The number of nitrogens with zero attached hydrogens (tertiary/aromatic N) is 3. The van der Waals surface area contributed by atoms with Gasteiger partial charge in [0.15, 0.2) is 0 Å². The molecule has 0 atom stereocenters. The maximum Gasteiger partial charge on any atom is 0.333 e. The number of halogens is 1. The molecule has 0 radical (unpaired) electrons. The van der Waals surface area contributed by atoms with Crippen LogP contribution in [-0.2, 0) is 0 Å². The molecule has 1 heterocycles. The van der Waals surface area contributed by atoms with Crippen LogP contribution in [-0.4, -0.2) is 19.4 Å². The van der Waals surface area contributed by atoms with Crippen LogP contribution in [0.25, 0.3) is 5.69 Å². The van der Waals surface area contributed by atoms with Gasteiger partial charge < -0.3 is 0 Å². The molecule has 0 fully saturated rings. The predicted octanol–water partition coefficient (Wildman–Crippen LogP) is 0.481. The first-order valence-corrected chi connectivity index (χ1v) is 5.26. The van der Waals surface area contributed by atoms with Crippen molar-refractivity contribution < 1.29 is 14.2 Å². The van der Waals surface area contributed by atoms with E-state index in [4.69, 9.17) is 0 Å². The van der Waals surface area contributed by atoms with Crippen molar-refractivity contribution in [1.82, 2.24) is 9.55 Å². The van der Waals surface area contributed by atoms with Crippen molar-refractivity contribution >= 4 is 11.4 Å². The lowest BCUT2D eigenvalue weighted by Gasteiger charge is -2.05. The van der Waals surface area contributed by atoms with Crippen molar-refractivity contribution in [1.29, 1.82) is 0 Å². The lowest BCUT2D eigenvalue weighted by Crippen LogP contribution is -2.30. The van der Waals surface area contributed by atoms with Gasteiger partial charge in [-0.25, -0.2) is 4.79 Å². The normalized spacial score (nSPS) is 10.3. The maximum absolute atomic E-state index is 13.2. The molecule has 0 bridgehead atoms. The summed E-state index contributed by atoms with van der Waals surface area (Å²) in [5, 5.41) is 21.5. The van der Waals surface area contributed by atoms with E-state index in [1.807, 2.05) is 0 Å². The van der Waals surface area contributed by atoms with Crippen LogP contribution in [0.1, 0.15) is 0 Å². The summed E-state index contributed by atoms with van der Waals surface area (Å²) < 4.78 is 13.7. The predicted molar refractivity (Wildman–Crippen MR) is 65.9 cm³/mol. The third kappa shape index (κ3) is 2.51. The zero-order chi connectivity index (χ0) is 15.7. The monoisotopic (exact) mass is 296 g/mol. The van der Waals surface area contributed by atoms with E-state index in [2.05, 4.69) is 0 Å². The van der Waals surface area contributed by atoms with Crippen molar-refractivity contribution in [2.45, 2.75) is 0 Å². The summed E-state index contributed by atoms with van der Waals surface area (Å²) in [4.78, 5) is 43.8. The molecule has 21 heavy (non-hydrogen) atoms. The van der Waals surface area contributed by atoms with Crippen molar-refractivity contribution in [2.24, 2.45) is 0 Å². The minimum Gasteiger partial charge on any atom is -0.271 e. The second-order valence-corrected chi connectivity index (χ2v) is 3.79. The molecule has 108 valence electrons. The molecule has 2 rings (SSSR count). The molecule has 1 N–H and O–H groups in total. The molecule has 1 aromatic carbocycles. The number of hydrogen-bond donors (Lipinski definition) is 1. The third-order valence-corrected chi connectivity index (χ3v) is 2.52. The van der Waals surface area contributed by atoms with Crippen molar-refractivity contribution in [3.05, 3.63) is 71.3 Å². The zero-order valence-electron chi connectivity index (χ0n) is 9.98. The quantitative estimate of drug-likeness (QED) is 0.645. The van der Waals surface area contributed by atoms with Gasteiger partial charge in [0.2, 0.25) is 5.82 Å². The summed E-state index contributed by atoms with van der Waals surface area (Å²) in [5.41, 5.74) is -4.15. The van der Waals surface area contributed by atoms with E-state index < -0.39 is 44.0 Å². The van der Waals surface area contributed by atoms with E-state index in [-0.39, 0.29) is 0 Å². The lowest BCUT2D eigenvalue weighted by molar-refractivity contribution is -0.394. The van der Waals surface area contributed by atoms with E-state index in [0.717, 1.165) is 12.1 Å². The second kappa shape index (κ2) is 4.96. The Kier molecular flexibility index (Phi) is 3.32. The number of benzene rings is 1. The molecule has 0 amide bonds. The molecular formula is C10H5FN4O6. The van der Waals surface area contributed by atoms with Gasteiger partial charge in [-0.1, -0.05) is 0 Å². The van der Waals surface area contributed by atoms with Gasteiger partial charge in [0.25, 0.3) is 16.9 Å². The Morgan fingerprint density at radius 1 is 1.14 bits per heavy atom. The summed E-state index contributed by atoms with van der Waals surface area (Å²) in [6, 6.07) is 2.46. The first kappa shape index (κ1) is 14.0. The van der Waals surface area contributed by atoms with Gasteiger partial charge in [-0.15, -0.1) is 0 Å². The lowest BCUT2D eigenvalue weighted by atomic mass is 10.2. The van der Waals surface area contributed by atoms with Crippen LogP contribution in [0.3, 0.4) is 0 Å². The van der Waals surface area contributed by atoms with Crippen LogP contribution in [0.5, 0.6) is 0 Å². The highest BCUT2D eigenvalue weighted by Gasteiger charge is 2.22. The number of aromatic nitrogens is 2. The number of H-pyrrole nitrogens is 1. The largest absolute Gasteiger partial charge is 0.333 e. The van der Waals surface area contributed by atoms with Gasteiger partial charge >= 0.3 is 5.69 Å². The Bertz CT molecular complexity index is 871. The van der Waals surface area contributed by atoms with Crippen LogP contribution < -0.4 is 11.2 Å². The molecular weight excluding hydrogens is 291 g/mol. The van der Waals surface area contributed by atoms with Crippen LogP contribution in [0.2, 0.25) is 0 Å². The molecule has 11 heteroatoms. The zero-order valence-corrected chi connectivity index (χ0v) is 9.98. The molecule has 0 unspecified atom stereocenters. The van der Waals surface area contributed by atoms with Gasteiger partial charge in [-0.05, 0) is 6.07 Å². The highest BCUT2D eigenvalue weighted by atomic mass is 19.1. The fraction of sp³-hybridized carbons (Fsp3) is 0. The van der Waals surface area contributed by atoms with Crippen molar-refractivity contribution in [3.63, 3.8) is 0 Å². The Balaban J connectivity index is 2.78. The number of aromatic amines is 1. The summed E-state index contributed by atoms with van der Waals surface area (Å²) in [7, 11) is 0. The molecule has 0 aliphatic heterocycles. The van der Waals surface area contributed by atoms with Crippen molar-refractivity contribution in [3.8, 4) is 5.69 Å². The average molecular weight is 296 g/mol. The number of rotatable bonds is 3. The SMILES string of the molecule is O=c1[nH]c(=O)n(-c2ccc([N+](=O)[O-])cc2[N+](=O)[O-])cc1F. The van der Waals surface area contributed by atoms with Gasteiger partial charge in [0.1, 0.15) is 5.69 Å². The minimum atomic E-state index is -1.33. The molecule has 0 aliphatic rings. The summed E-state index contributed by atoms with van der Waals surface area (Å²) >= 11 is 0. The average Bonchev–Trinajstić information content (AvgIpc) is 2.42. The fourth-order valence-electron chi connectivity index (χ4n) is 1.60. The summed E-state index contributed by atoms with van der Waals surface area (Å²) in [5.74, 6) is -1.33. The molecule has 0 saturated heterocycles. The van der Waals surface area contributed by atoms with Gasteiger partial charge in [-0.3, -0.25) is 34.6 Å². The van der Waals surface area contributed by atoms with Gasteiger partial charge in [-0.2, -0.15) is 4.39 Å². The molecule has 10 nitrogen and oxygen atoms in total. The maximum atomic E-state index is 13.2. The Morgan fingerprint density at radius 2 is 1.81 bits per heavy atom. The Labute approximate surface area is 113 Å². The molecule has 0 saturated carbocycles. The van der Waals surface area contributed by atoms with Crippen LogP contribution in [0.15, 0.2) is 34.0 Å². The Hall–Kier alpha value is -3.37. The van der Waals surface area contributed by atoms with Crippen LogP contribution in [0.4, 0.5) is 15.8 Å². The number of hydrogen-bond acceptors (Lipinski definition) is 6. The van der Waals surface area contributed by atoms with E-state index in [1.165, 1.54) is 0 Å². The topological polar surface area (TPSA) is 141 Å². The highest BCUT2D eigenvalue weighted by Crippen LogP contribution is 2.26. The number of nitro benzene ring substituents is 2.